The number of carboxylic acid groups (broad SMARTS) is 1. The molecule has 3 N–H and O–H groups in total. The van der Waals surface area contributed by atoms with Gasteiger partial charge in [0.2, 0.25) is 0 Å². The molecule has 0 fully saturated rings. The van der Waals surface area contributed by atoms with E-state index in [-0.39, 0.29) is 32.0 Å². The van der Waals surface area contributed by atoms with Crippen molar-refractivity contribution < 1.29 is 29.3 Å². The van der Waals surface area contributed by atoms with E-state index in [1.54, 1.807) is 12.1 Å². The number of nitrogens with one attached hydrogen (secondary N) is 1. The standard InChI is InChI=1S/C34H36N2O6/c1-23(2)20-36(21-31(37)33(40)42-22-25-8-4-3-5-9-25)34(41)35-30(32(38)39)18-24-12-14-27(15-13-24)29-17-16-26-10-6-7-11-28(26)19-29/h3-17,19,23,30-31,37H,18,20-22H2,1-2H3,(H,35,41)(H,38,39)/t30-,31?/m0/s1. The van der Waals surface area contributed by atoms with E-state index in [4.69, 9.17) is 4.74 Å². The minimum absolute atomic E-state index is 0.00610. The zero-order chi connectivity index (χ0) is 30.1. The number of carboxylic acids is 1. The number of carbonyl (C=O) groups is 3. The summed E-state index contributed by atoms with van der Waals surface area (Å²) in [5.41, 5.74) is 3.56. The summed E-state index contributed by atoms with van der Waals surface area (Å²) in [7, 11) is 0. The average molecular weight is 569 g/mol. The SMILES string of the molecule is CC(C)CN(CC(O)C(=O)OCc1ccccc1)C(=O)N[C@@H](Cc1ccc(-c2ccc3ccccc3c2)cc1)C(=O)O. The van der Waals surface area contributed by atoms with Crippen LogP contribution in [-0.2, 0) is 27.4 Å². The molecule has 1 unspecified atom stereocenters. The quantitative estimate of drug-likeness (QED) is 0.201. The molecule has 0 aromatic heterocycles. The van der Waals surface area contributed by atoms with E-state index in [0.717, 1.165) is 33.0 Å². The number of ether oxygens (including phenoxy) is 1. The Morgan fingerprint density at radius 1 is 0.786 bits per heavy atom. The van der Waals surface area contributed by atoms with E-state index in [2.05, 4.69) is 29.6 Å². The average Bonchev–Trinajstić information content (AvgIpc) is 2.99. The van der Waals surface area contributed by atoms with E-state index in [9.17, 15) is 24.6 Å². The van der Waals surface area contributed by atoms with Crippen molar-refractivity contribution in [1.82, 2.24) is 10.2 Å². The molecule has 4 rings (SSSR count). The number of rotatable bonds is 12. The second-order valence-electron chi connectivity index (χ2n) is 10.7. The molecule has 42 heavy (non-hydrogen) atoms. The molecule has 2 atom stereocenters. The summed E-state index contributed by atoms with van der Waals surface area (Å²) < 4.78 is 5.20. The first-order chi connectivity index (χ1) is 20.2. The van der Waals surface area contributed by atoms with Crippen LogP contribution in [0, 0.1) is 5.92 Å². The van der Waals surface area contributed by atoms with Crippen molar-refractivity contribution >= 4 is 28.7 Å². The smallest absolute Gasteiger partial charge is 0.337 e. The second-order valence-corrected chi connectivity index (χ2v) is 10.7. The van der Waals surface area contributed by atoms with Crippen molar-refractivity contribution in [2.24, 2.45) is 5.92 Å². The number of hydrogen-bond donors (Lipinski definition) is 3. The molecule has 0 spiro atoms. The maximum absolute atomic E-state index is 13.2. The number of fused-ring (bicyclic) bond motifs is 1. The minimum atomic E-state index is -1.58. The molecule has 0 heterocycles. The van der Waals surface area contributed by atoms with Gasteiger partial charge in [0.15, 0.2) is 6.10 Å². The predicted octanol–water partition coefficient (Wildman–Crippen LogP) is 5.27. The van der Waals surface area contributed by atoms with Gasteiger partial charge in [0.25, 0.3) is 0 Å². The summed E-state index contributed by atoms with van der Waals surface area (Å²) in [6.07, 6.45) is -1.51. The van der Waals surface area contributed by atoms with Gasteiger partial charge in [-0.2, -0.15) is 0 Å². The normalized spacial score (nSPS) is 12.5. The summed E-state index contributed by atoms with van der Waals surface area (Å²) in [5, 5.41) is 25.2. The molecule has 2 amide bonds. The number of aliphatic hydroxyl groups excluding tert-OH is 1. The highest BCUT2D eigenvalue weighted by atomic mass is 16.5. The lowest BCUT2D eigenvalue weighted by molar-refractivity contribution is -0.155. The summed E-state index contributed by atoms with van der Waals surface area (Å²) in [6, 6.07) is 29.1. The van der Waals surface area contributed by atoms with Gasteiger partial charge in [-0.15, -0.1) is 0 Å². The third-order valence-electron chi connectivity index (χ3n) is 6.83. The van der Waals surface area contributed by atoms with Crippen LogP contribution < -0.4 is 5.32 Å². The molecule has 4 aromatic carbocycles. The molecule has 4 aromatic rings. The first kappa shape index (κ1) is 30.3. The molecule has 0 aliphatic rings. The van der Waals surface area contributed by atoms with Crippen molar-refractivity contribution in [3.8, 4) is 11.1 Å². The Hall–Kier alpha value is -4.69. The fraction of sp³-hybridized carbons (Fsp3) is 0.265. The molecular weight excluding hydrogens is 532 g/mol. The summed E-state index contributed by atoms with van der Waals surface area (Å²) in [6.45, 7) is 3.64. The molecule has 0 aliphatic carbocycles. The van der Waals surface area contributed by atoms with Gasteiger partial charge in [0, 0.05) is 13.0 Å². The monoisotopic (exact) mass is 568 g/mol. The van der Waals surface area contributed by atoms with Crippen LogP contribution in [0.25, 0.3) is 21.9 Å². The van der Waals surface area contributed by atoms with Crippen molar-refractivity contribution in [3.63, 3.8) is 0 Å². The maximum Gasteiger partial charge on any atom is 0.337 e. The molecule has 0 aliphatic heterocycles. The molecule has 0 radical (unpaired) electrons. The van der Waals surface area contributed by atoms with Crippen molar-refractivity contribution in [2.75, 3.05) is 13.1 Å². The summed E-state index contributed by atoms with van der Waals surface area (Å²) in [4.78, 5) is 38.9. The van der Waals surface area contributed by atoms with E-state index in [0.29, 0.717) is 0 Å². The Morgan fingerprint density at radius 3 is 2.10 bits per heavy atom. The fourth-order valence-electron chi connectivity index (χ4n) is 4.67. The highest BCUT2D eigenvalue weighted by Crippen LogP contribution is 2.25. The second kappa shape index (κ2) is 14.3. The van der Waals surface area contributed by atoms with Gasteiger partial charge in [0.05, 0.1) is 6.54 Å². The Morgan fingerprint density at radius 2 is 1.43 bits per heavy atom. The molecule has 0 saturated heterocycles. The topological polar surface area (TPSA) is 116 Å². The van der Waals surface area contributed by atoms with E-state index < -0.39 is 30.1 Å². The number of esters is 1. The lowest BCUT2D eigenvalue weighted by atomic mass is 9.98. The first-order valence-corrected chi connectivity index (χ1v) is 13.9. The van der Waals surface area contributed by atoms with Gasteiger partial charge in [-0.05, 0) is 45.0 Å². The minimum Gasteiger partial charge on any atom is -0.480 e. The molecule has 0 bridgehead atoms. The van der Waals surface area contributed by atoms with Gasteiger partial charge in [0.1, 0.15) is 12.6 Å². The Balaban J connectivity index is 1.38. The largest absolute Gasteiger partial charge is 0.480 e. The van der Waals surface area contributed by atoms with Crippen molar-refractivity contribution in [3.05, 3.63) is 108 Å². The van der Waals surface area contributed by atoms with Crippen molar-refractivity contribution in [1.29, 1.82) is 0 Å². The van der Waals surface area contributed by atoms with Gasteiger partial charge in [-0.25, -0.2) is 14.4 Å². The van der Waals surface area contributed by atoms with Crippen LogP contribution in [0.2, 0.25) is 0 Å². The van der Waals surface area contributed by atoms with Crippen LogP contribution in [0.5, 0.6) is 0 Å². The lowest BCUT2D eigenvalue weighted by Gasteiger charge is -2.28. The lowest BCUT2D eigenvalue weighted by Crippen LogP contribution is -2.52. The van der Waals surface area contributed by atoms with Crippen molar-refractivity contribution in [2.45, 2.75) is 39.0 Å². The predicted molar refractivity (Wildman–Crippen MR) is 162 cm³/mol. The number of hydrogen-bond acceptors (Lipinski definition) is 5. The van der Waals surface area contributed by atoms with E-state index >= 15 is 0 Å². The number of nitrogens with zero attached hydrogens (tertiary/aromatic N) is 1. The number of benzene rings is 4. The fourth-order valence-corrected chi connectivity index (χ4v) is 4.67. The Kier molecular flexibility index (Phi) is 10.3. The Labute approximate surface area is 245 Å². The van der Waals surface area contributed by atoms with Crippen LogP contribution in [0.3, 0.4) is 0 Å². The molecular formula is C34H36N2O6. The molecule has 8 heteroatoms. The van der Waals surface area contributed by atoms with Gasteiger partial charge in [-0.3, -0.25) is 0 Å². The van der Waals surface area contributed by atoms with Crippen LogP contribution in [0.4, 0.5) is 4.79 Å². The van der Waals surface area contributed by atoms with Gasteiger partial charge in [-0.1, -0.05) is 105 Å². The maximum atomic E-state index is 13.2. The van der Waals surface area contributed by atoms with Crippen LogP contribution in [-0.4, -0.2) is 58.3 Å². The van der Waals surface area contributed by atoms with Gasteiger partial charge >= 0.3 is 18.0 Å². The molecule has 0 saturated carbocycles. The zero-order valence-electron chi connectivity index (χ0n) is 23.8. The number of aliphatic hydroxyl groups is 1. The van der Waals surface area contributed by atoms with E-state index in [1.165, 1.54) is 4.90 Å². The highest BCUT2D eigenvalue weighted by Gasteiger charge is 2.28. The highest BCUT2D eigenvalue weighted by molar-refractivity contribution is 5.87. The van der Waals surface area contributed by atoms with Crippen LogP contribution >= 0.6 is 0 Å². The Bertz CT molecular complexity index is 1500. The van der Waals surface area contributed by atoms with Gasteiger partial charge < -0.3 is 25.2 Å². The molecule has 218 valence electrons. The van der Waals surface area contributed by atoms with E-state index in [1.807, 2.05) is 74.5 Å². The van der Waals surface area contributed by atoms with Crippen LogP contribution in [0.15, 0.2) is 97.1 Å². The number of amides is 2. The number of aliphatic carboxylic acids is 1. The number of carbonyl (C=O) groups excluding carboxylic acids is 2. The zero-order valence-corrected chi connectivity index (χ0v) is 23.8. The molecule has 8 nitrogen and oxygen atoms in total. The number of urea groups is 1. The third-order valence-corrected chi connectivity index (χ3v) is 6.83. The summed E-state index contributed by atoms with van der Waals surface area (Å²) in [5.74, 6) is -2.04. The first-order valence-electron chi connectivity index (χ1n) is 13.9. The van der Waals surface area contributed by atoms with Crippen LogP contribution in [0.1, 0.15) is 25.0 Å². The summed E-state index contributed by atoms with van der Waals surface area (Å²) >= 11 is 0. The third kappa shape index (κ3) is 8.41.